The van der Waals surface area contributed by atoms with E-state index >= 15 is 0 Å². The van der Waals surface area contributed by atoms with Crippen LogP contribution in [0.4, 0.5) is 52.7 Å². The summed E-state index contributed by atoms with van der Waals surface area (Å²) >= 11 is -0.699. The maximum Gasteiger partial charge on any atom is 0.387 e. The van der Waals surface area contributed by atoms with Gasteiger partial charge in [0.25, 0.3) is 0 Å². The molecule has 19 heavy (non-hydrogen) atoms. The van der Waals surface area contributed by atoms with Crippen molar-refractivity contribution in [1.82, 2.24) is 0 Å². The SMILES string of the molecule is FC(F)C(F)(F)C(F)(F)C(F)(F)C(F)(F)C(F)(F)I. The highest BCUT2D eigenvalue weighted by Gasteiger charge is 2.87. The minimum atomic E-state index is -7.41. The van der Waals surface area contributed by atoms with Crippen molar-refractivity contribution in [1.29, 1.82) is 0 Å². The van der Waals surface area contributed by atoms with Crippen LogP contribution in [-0.2, 0) is 0 Å². The summed E-state index contributed by atoms with van der Waals surface area (Å²) in [5.74, 6) is -28.7. The fraction of sp³-hybridized carbons (Fsp3) is 1.00. The van der Waals surface area contributed by atoms with Gasteiger partial charge in [-0.2, -0.15) is 43.9 Å². The quantitative estimate of drug-likeness (QED) is 0.335. The molecule has 0 bridgehead atoms. The van der Waals surface area contributed by atoms with Crippen LogP contribution in [0.3, 0.4) is 0 Å². The van der Waals surface area contributed by atoms with Gasteiger partial charge < -0.3 is 0 Å². The Kier molecular flexibility index (Phi) is 4.69. The molecule has 13 heteroatoms. The van der Waals surface area contributed by atoms with Gasteiger partial charge in [0.1, 0.15) is 0 Å². The molecule has 0 nitrogen and oxygen atoms in total. The second kappa shape index (κ2) is 4.72. The first-order chi connectivity index (χ1) is 7.94. The van der Waals surface area contributed by atoms with Crippen molar-refractivity contribution in [3.8, 4) is 0 Å². The fourth-order valence-corrected chi connectivity index (χ4v) is 1.06. The third-order valence-corrected chi connectivity index (χ3v) is 2.51. The van der Waals surface area contributed by atoms with Crippen molar-refractivity contribution in [2.75, 3.05) is 0 Å². The van der Waals surface area contributed by atoms with Crippen LogP contribution in [0.2, 0.25) is 0 Å². The van der Waals surface area contributed by atoms with E-state index in [2.05, 4.69) is 0 Å². The van der Waals surface area contributed by atoms with Gasteiger partial charge in [-0.25, -0.2) is 8.78 Å². The summed E-state index contributed by atoms with van der Waals surface area (Å²) in [6.07, 6.45) is -5.47. The molecule has 0 aromatic rings. The van der Waals surface area contributed by atoms with Crippen molar-refractivity contribution in [2.24, 2.45) is 0 Å². The average Bonchev–Trinajstić information content (AvgIpc) is 2.14. The van der Waals surface area contributed by atoms with E-state index in [0.717, 1.165) is 0 Å². The maximum absolute atomic E-state index is 12.5. The molecule has 0 radical (unpaired) electrons. The molecule has 0 aliphatic heterocycles. The number of rotatable bonds is 5. The summed E-state index contributed by atoms with van der Waals surface area (Å²) in [5, 5.41) is 0. The molecule has 0 heterocycles. The van der Waals surface area contributed by atoms with Gasteiger partial charge >= 0.3 is 34.0 Å². The average molecular weight is 428 g/mol. The summed E-state index contributed by atoms with van der Waals surface area (Å²) in [7, 11) is 0. The van der Waals surface area contributed by atoms with E-state index in [1.807, 2.05) is 0 Å². The zero-order valence-electron chi connectivity index (χ0n) is 7.99. The lowest BCUT2D eigenvalue weighted by molar-refractivity contribution is -0.399. The molecule has 0 aromatic carbocycles. The molecule has 0 aromatic heterocycles. The van der Waals surface area contributed by atoms with E-state index in [1.54, 1.807) is 0 Å². The molecule has 0 saturated carbocycles. The van der Waals surface area contributed by atoms with Gasteiger partial charge in [0.2, 0.25) is 0 Å². The molecule has 0 unspecified atom stereocenters. The zero-order valence-corrected chi connectivity index (χ0v) is 10.1. The Morgan fingerprint density at radius 3 is 1.11 bits per heavy atom. The molecule has 0 atom stereocenters. The lowest BCUT2D eigenvalue weighted by atomic mass is 9.99. The van der Waals surface area contributed by atoms with Crippen LogP contribution >= 0.6 is 22.6 Å². The van der Waals surface area contributed by atoms with E-state index in [0.29, 0.717) is 0 Å². The monoisotopic (exact) mass is 428 g/mol. The molecule has 0 aliphatic carbocycles. The highest BCUT2D eigenvalue weighted by Crippen LogP contribution is 2.59. The first-order valence-corrected chi connectivity index (χ1v) is 4.88. The van der Waals surface area contributed by atoms with Crippen LogP contribution in [0.15, 0.2) is 0 Å². The van der Waals surface area contributed by atoms with Crippen molar-refractivity contribution < 1.29 is 52.7 Å². The highest BCUT2D eigenvalue weighted by atomic mass is 127. The number of halogens is 13. The Labute approximate surface area is 110 Å². The summed E-state index contributed by atoms with van der Waals surface area (Å²) in [6.45, 7) is 0. The predicted octanol–water partition coefficient (Wildman–Crippen LogP) is 4.82. The van der Waals surface area contributed by atoms with Gasteiger partial charge in [-0.15, -0.1) is 0 Å². The second-order valence-electron chi connectivity index (χ2n) is 3.14. The number of alkyl halides is 13. The first kappa shape index (κ1) is 18.9. The molecule has 0 fully saturated rings. The van der Waals surface area contributed by atoms with E-state index in [1.165, 1.54) is 0 Å². The van der Waals surface area contributed by atoms with Crippen molar-refractivity contribution in [3.05, 3.63) is 0 Å². The lowest BCUT2D eigenvalue weighted by Crippen LogP contribution is -2.67. The first-order valence-electron chi connectivity index (χ1n) is 3.80. The fourth-order valence-electron chi connectivity index (χ4n) is 0.722. The molecular weight excluding hydrogens is 427 g/mol. The predicted molar refractivity (Wildman–Crippen MR) is 44.8 cm³/mol. The Morgan fingerprint density at radius 1 is 0.579 bits per heavy atom. The van der Waals surface area contributed by atoms with E-state index in [9.17, 15) is 52.7 Å². The Morgan fingerprint density at radius 2 is 0.895 bits per heavy atom. The van der Waals surface area contributed by atoms with Gasteiger partial charge in [0.05, 0.1) is 0 Å². The van der Waals surface area contributed by atoms with Crippen molar-refractivity contribution in [3.63, 3.8) is 0 Å². The van der Waals surface area contributed by atoms with Gasteiger partial charge in [-0.1, -0.05) is 0 Å². The molecule has 0 saturated heterocycles. The molecule has 116 valence electrons. The Hall–Kier alpha value is -0.110. The molecule has 0 amide bonds. The molecule has 0 spiro atoms. The smallest absolute Gasteiger partial charge is 0.203 e. The Bertz CT molecular complexity index is 328. The lowest BCUT2D eigenvalue weighted by Gasteiger charge is -2.37. The van der Waals surface area contributed by atoms with Crippen LogP contribution in [0.1, 0.15) is 0 Å². The summed E-state index contributed by atoms with van der Waals surface area (Å²) in [5.41, 5.74) is 0. The minimum absolute atomic E-state index is 0.699. The van der Waals surface area contributed by atoms with Crippen LogP contribution in [0.5, 0.6) is 0 Å². The van der Waals surface area contributed by atoms with Gasteiger partial charge in [0, 0.05) is 22.6 Å². The second-order valence-corrected chi connectivity index (χ2v) is 4.50. The van der Waals surface area contributed by atoms with Gasteiger partial charge in [-0.05, 0) is 0 Å². The largest absolute Gasteiger partial charge is 0.387 e. The third kappa shape index (κ3) is 2.57. The maximum atomic E-state index is 12.5. The molecule has 0 N–H and O–H groups in total. The molecule has 0 aliphatic rings. The summed E-state index contributed by atoms with van der Waals surface area (Å²) < 4.78 is 141. The number of hydrogen-bond donors (Lipinski definition) is 0. The summed E-state index contributed by atoms with van der Waals surface area (Å²) in [6, 6.07) is 0. The van der Waals surface area contributed by atoms with Crippen molar-refractivity contribution >= 4 is 22.6 Å². The van der Waals surface area contributed by atoms with Crippen molar-refractivity contribution in [2.45, 2.75) is 34.0 Å². The van der Waals surface area contributed by atoms with E-state index in [-0.39, 0.29) is 0 Å². The number of hydrogen-bond acceptors (Lipinski definition) is 0. The van der Waals surface area contributed by atoms with E-state index < -0.39 is 56.6 Å². The van der Waals surface area contributed by atoms with Crippen LogP contribution < -0.4 is 0 Å². The van der Waals surface area contributed by atoms with Gasteiger partial charge in [-0.3, -0.25) is 0 Å². The van der Waals surface area contributed by atoms with Crippen LogP contribution in [-0.4, -0.2) is 34.0 Å². The van der Waals surface area contributed by atoms with Crippen LogP contribution in [0.25, 0.3) is 0 Å². The molecule has 0 rings (SSSR count). The molecular formula is C6HF12I. The third-order valence-electron chi connectivity index (χ3n) is 1.84. The topological polar surface area (TPSA) is 0 Å². The van der Waals surface area contributed by atoms with Gasteiger partial charge in [0.15, 0.2) is 0 Å². The Balaban J connectivity index is 5.92. The highest BCUT2D eigenvalue weighted by molar-refractivity contribution is 14.1. The standard InChI is InChI=1S/C6HF12I/c7-1(8)2(9,10)3(11,12)4(13,14)5(15,16)6(17,18)19/h1H. The van der Waals surface area contributed by atoms with Crippen LogP contribution in [0, 0.1) is 0 Å². The van der Waals surface area contributed by atoms with E-state index in [4.69, 9.17) is 0 Å². The zero-order chi connectivity index (χ0) is 16.1. The normalized spacial score (nSPS) is 16.1. The summed E-state index contributed by atoms with van der Waals surface area (Å²) in [4.78, 5) is 0. The minimum Gasteiger partial charge on any atom is -0.203 e.